The second-order valence-electron chi connectivity index (χ2n) is 5.82. The molecule has 0 aliphatic heterocycles. The number of amides is 1. The van der Waals surface area contributed by atoms with Crippen molar-refractivity contribution in [3.05, 3.63) is 89.7 Å². The molecule has 0 radical (unpaired) electrons. The van der Waals surface area contributed by atoms with E-state index in [2.05, 4.69) is 20.8 Å². The van der Waals surface area contributed by atoms with E-state index < -0.39 is 0 Å². The third kappa shape index (κ3) is 4.33. The van der Waals surface area contributed by atoms with Crippen molar-refractivity contribution in [1.82, 2.24) is 4.98 Å². The summed E-state index contributed by atoms with van der Waals surface area (Å²) in [5, 5.41) is 9.61. The zero-order chi connectivity index (χ0) is 19.2. The van der Waals surface area contributed by atoms with Gasteiger partial charge in [-0.3, -0.25) is 10.2 Å². The minimum Gasteiger partial charge on any atom is -0.463 e. The van der Waals surface area contributed by atoms with E-state index >= 15 is 0 Å². The fraction of sp³-hybridized carbons (Fsp3) is 0. The van der Waals surface area contributed by atoms with E-state index in [-0.39, 0.29) is 5.91 Å². The number of carbonyl (C=O) groups excluding carboxylic acids is 1. The number of nitrogens with zero attached hydrogens (tertiary/aromatic N) is 2. The normalized spacial score (nSPS) is 10.9. The van der Waals surface area contributed by atoms with Crippen LogP contribution in [0.3, 0.4) is 0 Å². The predicted molar refractivity (Wildman–Crippen MR) is 112 cm³/mol. The first-order valence-corrected chi connectivity index (χ1v) is 9.41. The van der Waals surface area contributed by atoms with Gasteiger partial charge in [0.15, 0.2) is 0 Å². The molecular weight excluding hydrogens is 372 g/mol. The van der Waals surface area contributed by atoms with Crippen LogP contribution in [-0.4, -0.2) is 17.1 Å². The molecule has 4 aromatic rings. The summed E-state index contributed by atoms with van der Waals surface area (Å²) >= 11 is 1.46. The minimum atomic E-state index is -0.136. The van der Waals surface area contributed by atoms with Gasteiger partial charge in [0.1, 0.15) is 5.76 Å². The minimum absolute atomic E-state index is 0.136. The lowest BCUT2D eigenvalue weighted by atomic mass is 10.1. The molecule has 0 saturated heterocycles. The van der Waals surface area contributed by atoms with Crippen LogP contribution in [0.4, 0.5) is 10.8 Å². The number of nitrogens with one attached hydrogen (secondary N) is 2. The van der Waals surface area contributed by atoms with E-state index in [1.165, 1.54) is 11.3 Å². The number of carbonyl (C=O) groups is 1. The SMILES string of the molecule is O=C(Nc1ccc(-c2csc(NN=Cc3ccco3)n2)cc1)c1ccccc1. The summed E-state index contributed by atoms with van der Waals surface area (Å²) in [4.78, 5) is 16.7. The molecule has 4 rings (SSSR count). The van der Waals surface area contributed by atoms with Gasteiger partial charge in [0, 0.05) is 22.2 Å². The second-order valence-corrected chi connectivity index (χ2v) is 6.68. The maximum Gasteiger partial charge on any atom is 0.255 e. The number of benzene rings is 2. The van der Waals surface area contributed by atoms with E-state index in [9.17, 15) is 4.79 Å². The van der Waals surface area contributed by atoms with Gasteiger partial charge in [-0.15, -0.1) is 11.3 Å². The van der Waals surface area contributed by atoms with Gasteiger partial charge in [-0.1, -0.05) is 30.3 Å². The number of hydrazone groups is 1. The van der Waals surface area contributed by atoms with Crippen LogP contribution in [0, 0.1) is 0 Å². The average Bonchev–Trinajstić information content (AvgIpc) is 3.42. The molecule has 0 aliphatic carbocycles. The predicted octanol–water partition coefficient (Wildman–Crippen LogP) is 5.10. The van der Waals surface area contributed by atoms with Crippen molar-refractivity contribution in [2.24, 2.45) is 5.10 Å². The molecule has 0 fully saturated rings. The van der Waals surface area contributed by atoms with Crippen LogP contribution < -0.4 is 10.7 Å². The fourth-order valence-corrected chi connectivity index (χ4v) is 3.16. The molecule has 28 heavy (non-hydrogen) atoms. The lowest BCUT2D eigenvalue weighted by molar-refractivity contribution is 0.102. The maximum atomic E-state index is 12.2. The van der Waals surface area contributed by atoms with Crippen LogP contribution in [0.25, 0.3) is 11.3 Å². The fourth-order valence-electron chi connectivity index (χ4n) is 2.49. The number of furan rings is 1. The molecular formula is C21H16N4O2S. The zero-order valence-electron chi connectivity index (χ0n) is 14.7. The van der Waals surface area contributed by atoms with Crippen molar-refractivity contribution in [3.63, 3.8) is 0 Å². The highest BCUT2D eigenvalue weighted by molar-refractivity contribution is 7.14. The summed E-state index contributed by atoms with van der Waals surface area (Å²) < 4.78 is 5.18. The summed E-state index contributed by atoms with van der Waals surface area (Å²) in [7, 11) is 0. The molecule has 0 spiro atoms. The van der Waals surface area contributed by atoms with Crippen molar-refractivity contribution >= 4 is 34.3 Å². The molecule has 6 nitrogen and oxygen atoms in total. The number of aromatic nitrogens is 1. The second kappa shape index (κ2) is 8.32. The Bertz CT molecular complexity index is 1070. The van der Waals surface area contributed by atoms with E-state index in [0.717, 1.165) is 16.9 Å². The molecule has 138 valence electrons. The van der Waals surface area contributed by atoms with Gasteiger partial charge in [0.25, 0.3) is 5.91 Å². The van der Waals surface area contributed by atoms with Gasteiger partial charge in [0.05, 0.1) is 18.2 Å². The van der Waals surface area contributed by atoms with E-state index in [0.29, 0.717) is 16.5 Å². The van der Waals surface area contributed by atoms with Crippen LogP contribution >= 0.6 is 11.3 Å². The van der Waals surface area contributed by atoms with Gasteiger partial charge >= 0.3 is 0 Å². The third-order valence-electron chi connectivity index (χ3n) is 3.87. The zero-order valence-corrected chi connectivity index (χ0v) is 15.5. The molecule has 7 heteroatoms. The largest absolute Gasteiger partial charge is 0.463 e. The Morgan fingerprint density at radius 3 is 2.61 bits per heavy atom. The molecule has 2 N–H and O–H groups in total. The topological polar surface area (TPSA) is 79.5 Å². The first-order chi connectivity index (χ1) is 13.8. The van der Waals surface area contributed by atoms with Crippen molar-refractivity contribution in [2.45, 2.75) is 0 Å². The number of anilines is 2. The van der Waals surface area contributed by atoms with Crippen molar-refractivity contribution in [2.75, 3.05) is 10.7 Å². The summed E-state index contributed by atoms with van der Waals surface area (Å²) in [6.07, 6.45) is 3.18. The van der Waals surface area contributed by atoms with Crippen LogP contribution in [0.2, 0.25) is 0 Å². The third-order valence-corrected chi connectivity index (χ3v) is 4.62. The first-order valence-electron chi connectivity index (χ1n) is 8.53. The van der Waals surface area contributed by atoms with Crippen molar-refractivity contribution in [3.8, 4) is 11.3 Å². The van der Waals surface area contributed by atoms with Gasteiger partial charge in [0.2, 0.25) is 5.13 Å². The quantitative estimate of drug-likeness (QED) is 0.356. The van der Waals surface area contributed by atoms with E-state index in [4.69, 9.17) is 4.42 Å². The van der Waals surface area contributed by atoms with Gasteiger partial charge in [-0.2, -0.15) is 5.10 Å². The number of hydrogen-bond donors (Lipinski definition) is 2. The molecule has 2 heterocycles. The summed E-state index contributed by atoms with van der Waals surface area (Å²) in [5.74, 6) is 0.528. The maximum absolute atomic E-state index is 12.2. The van der Waals surface area contributed by atoms with Crippen LogP contribution in [-0.2, 0) is 0 Å². The lowest BCUT2D eigenvalue weighted by Crippen LogP contribution is -2.11. The molecule has 0 saturated carbocycles. The molecule has 0 bridgehead atoms. The van der Waals surface area contributed by atoms with Crippen LogP contribution in [0.1, 0.15) is 16.1 Å². The lowest BCUT2D eigenvalue weighted by Gasteiger charge is -2.06. The van der Waals surface area contributed by atoms with Crippen molar-refractivity contribution < 1.29 is 9.21 Å². The molecule has 0 atom stereocenters. The number of rotatable bonds is 6. The Hall–Kier alpha value is -3.71. The summed E-state index contributed by atoms with van der Waals surface area (Å²) in [6.45, 7) is 0. The number of thiazole rings is 1. The average molecular weight is 388 g/mol. The van der Waals surface area contributed by atoms with Crippen LogP contribution in [0.15, 0.2) is 87.9 Å². The van der Waals surface area contributed by atoms with Gasteiger partial charge < -0.3 is 9.73 Å². The Labute approximate surface area is 165 Å². The van der Waals surface area contributed by atoms with E-state index in [1.54, 1.807) is 30.7 Å². The Kier molecular flexibility index (Phi) is 5.26. The van der Waals surface area contributed by atoms with Crippen LogP contribution in [0.5, 0.6) is 0 Å². The summed E-state index contributed by atoms with van der Waals surface area (Å²) in [6, 6.07) is 20.3. The van der Waals surface area contributed by atoms with Gasteiger partial charge in [-0.05, 0) is 36.4 Å². The van der Waals surface area contributed by atoms with Crippen molar-refractivity contribution in [1.29, 1.82) is 0 Å². The highest BCUT2D eigenvalue weighted by atomic mass is 32.1. The molecule has 0 aliphatic rings. The Morgan fingerprint density at radius 2 is 1.86 bits per heavy atom. The standard InChI is InChI=1S/C21H16N4O2S/c26-20(16-5-2-1-3-6-16)23-17-10-8-15(9-11-17)19-14-28-21(24-19)25-22-13-18-7-4-12-27-18/h1-14H,(H,23,26)(H,24,25). The number of hydrogen-bond acceptors (Lipinski definition) is 6. The Balaban J connectivity index is 1.39. The monoisotopic (exact) mass is 388 g/mol. The first kappa shape index (κ1) is 17.7. The van der Waals surface area contributed by atoms with E-state index in [1.807, 2.05) is 53.9 Å². The molecule has 0 unspecified atom stereocenters. The molecule has 2 aromatic heterocycles. The highest BCUT2D eigenvalue weighted by Gasteiger charge is 2.07. The Morgan fingerprint density at radius 1 is 1.04 bits per heavy atom. The van der Waals surface area contributed by atoms with Gasteiger partial charge in [-0.25, -0.2) is 4.98 Å². The highest BCUT2D eigenvalue weighted by Crippen LogP contribution is 2.26. The molecule has 1 amide bonds. The smallest absolute Gasteiger partial charge is 0.255 e. The molecule has 2 aromatic carbocycles. The summed E-state index contributed by atoms with van der Waals surface area (Å²) in [5.41, 5.74) is 6.03.